The molecule has 1 fully saturated rings. The Morgan fingerprint density at radius 3 is 2.95 bits per heavy atom. The van der Waals surface area contributed by atoms with Gasteiger partial charge < -0.3 is 10.2 Å². The lowest BCUT2D eigenvalue weighted by Gasteiger charge is -2.24. The minimum Gasteiger partial charge on any atom is -0.313 e. The van der Waals surface area contributed by atoms with Crippen molar-refractivity contribution in [2.75, 3.05) is 26.2 Å². The van der Waals surface area contributed by atoms with E-state index in [0.717, 1.165) is 0 Å². The van der Waals surface area contributed by atoms with E-state index in [9.17, 15) is 0 Å². The van der Waals surface area contributed by atoms with E-state index >= 15 is 0 Å². The van der Waals surface area contributed by atoms with Crippen LogP contribution in [0.5, 0.6) is 0 Å². The highest BCUT2D eigenvalue weighted by Gasteiger charge is 2.16. The Balaban J connectivity index is 1.85. The molecule has 1 aliphatic heterocycles. The highest BCUT2D eigenvalue weighted by molar-refractivity contribution is 5.25. The lowest BCUT2D eigenvalue weighted by atomic mass is 10.1. The van der Waals surface area contributed by atoms with Crippen molar-refractivity contribution in [2.45, 2.75) is 45.6 Å². The number of benzene rings is 1. The van der Waals surface area contributed by atoms with Gasteiger partial charge >= 0.3 is 0 Å². The third kappa shape index (κ3) is 4.63. The number of hydrogen-bond acceptors (Lipinski definition) is 2. The van der Waals surface area contributed by atoms with Crippen molar-refractivity contribution in [2.24, 2.45) is 0 Å². The molecule has 2 rings (SSSR count). The number of hydrogen-bond donors (Lipinski definition) is 1. The van der Waals surface area contributed by atoms with E-state index in [0.29, 0.717) is 6.04 Å². The summed E-state index contributed by atoms with van der Waals surface area (Å²) >= 11 is 0. The largest absolute Gasteiger partial charge is 0.313 e. The summed E-state index contributed by atoms with van der Waals surface area (Å²) in [7, 11) is 0. The number of nitrogens with zero attached hydrogens (tertiary/aromatic N) is 1. The topological polar surface area (TPSA) is 15.3 Å². The predicted octanol–water partition coefficient (Wildman–Crippen LogP) is 3.00. The van der Waals surface area contributed by atoms with Gasteiger partial charge in [-0.2, -0.15) is 0 Å². The van der Waals surface area contributed by atoms with Gasteiger partial charge in [-0.3, -0.25) is 0 Å². The molecule has 2 nitrogen and oxygen atoms in total. The molecule has 1 aliphatic rings. The summed E-state index contributed by atoms with van der Waals surface area (Å²) in [5.41, 5.74) is 2.94. The molecule has 0 spiro atoms. The molecular weight excluding hydrogens is 232 g/mol. The highest BCUT2D eigenvalue weighted by Crippen LogP contribution is 2.11. The van der Waals surface area contributed by atoms with Gasteiger partial charge in [-0.05, 0) is 50.4 Å². The molecule has 1 saturated heterocycles. The summed E-state index contributed by atoms with van der Waals surface area (Å²) in [6.07, 6.45) is 5.06. The van der Waals surface area contributed by atoms with Crippen LogP contribution < -0.4 is 5.32 Å². The van der Waals surface area contributed by atoms with Crippen LogP contribution in [0, 0.1) is 6.92 Å². The molecule has 1 N–H and O–H groups in total. The third-order valence-electron chi connectivity index (χ3n) is 4.16. The molecule has 1 heterocycles. The van der Waals surface area contributed by atoms with Crippen molar-refractivity contribution in [1.82, 2.24) is 10.2 Å². The zero-order valence-corrected chi connectivity index (χ0v) is 12.5. The summed E-state index contributed by atoms with van der Waals surface area (Å²) in [6.45, 7) is 9.36. The maximum absolute atomic E-state index is 3.68. The Bertz CT molecular complexity index is 375. The average molecular weight is 260 g/mol. The zero-order chi connectivity index (χ0) is 13.5. The average Bonchev–Trinajstić information content (AvgIpc) is 2.64. The molecule has 0 bridgehead atoms. The Labute approximate surface area is 118 Å². The first kappa shape index (κ1) is 14.5. The van der Waals surface area contributed by atoms with Gasteiger partial charge in [-0.25, -0.2) is 0 Å². The zero-order valence-electron chi connectivity index (χ0n) is 12.5. The van der Waals surface area contributed by atoms with Gasteiger partial charge in [0.2, 0.25) is 0 Å². The van der Waals surface area contributed by atoms with Crippen LogP contribution in [0.4, 0.5) is 0 Å². The molecule has 0 aromatic heterocycles. The molecule has 0 radical (unpaired) electrons. The molecule has 1 unspecified atom stereocenters. The second-order valence-electron chi connectivity index (χ2n) is 5.77. The summed E-state index contributed by atoms with van der Waals surface area (Å²) in [5.74, 6) is 0. The van der Waals surface area contributed by atoms with E-state index in [2.05, 4.69) is 48.3 Å². The van der Waals surface area contributed by atoms with E-state index in [-0.39, 0.29) is 0 Å². The van der Waals surface area contributed by atoms with Crippen LogP contribution in [0.25, 0.3) is 0 Å². The van der Waals surface area contributed by atoms with E-state index in [4.69, 9.17) is 0 Å². The molecule has 1 aromatic carbocycles. The van der Waals surface area contributed by atoms with Crippen LogP contribution >= 0.6 is 0 Å². The standard InChI is InChI=1S/C17H28N2/c1-3-7-17-14-19(12-6-11-18-17)13-10-16-9-5-4-8-15(16)2/h4-5,8-9,17-18H,3,6-7,10-14H2,1-2H3. The van der Waals surface area contributed by atoms with E-state index < -0.39 is 0 Å². The van der Waals surface area contributed by atoms with Crippen molar-refractivity contribution < 1.29 is 0 Å². The third-order valence-corrected chi connectivity index (χ3v) is 4.16. The maximum atomic E-state index is 3.68. The Kier molecular flexibility index (Phi) is 5.87. The first-order valence-corrected chi connectivity index (χ1v) is 7.80. The van der Waals surface area contributed by atoms with Gasteiger partial charge in [0.05, 0.1) is 0 Å². The maximum Gasteiger partial charge on any atom is 0.0194 e. The minimum absolute atomic E-state index is 0.698. The smallest absolute Gasteiger partial charge is 0.0194 e. The normalized spacial score (nSPS) is 21.3. The van der Waals surface area contributed by atoms with Gasteiger partial charge in [0.15, 0.2) is 0 Å². The van der Waals surface area contributed by atoms with Crippen LogP contribution in [-0.2, 0) is 6.42 Å². The van der Waals surface area contributed by atoms with Crippen molar-refractivity contribution in [3.8, 4) is 0 Å². The quantitative estimate of drug-likeness (QED) is 0.875. The lowest BCUT2D eigenvalue weighted by molar-refractivity contribution is 0.265. The van der Waals surface area contributed by atoms with Gasteiger partial charge in [-0.15, -0.1) is 0 Å². The number of aryl methyl sites for hydroxylation is 1. The molecular formula is C17H28N2. The summed E-state index contributed by atoms with van der Waals surface area (Å²) in [5, 5.41) is 3.68. The van der Waals surface area contributed by atoms with E-state index in [1.54, 1.807) is 0 Å². The minimum atomic E-state index is 0.698. The molecule has 1 aromatic rings. The molecule has 0 amide bonds. The number of rotatable bonds is 5. The van der Waals surface area contributed by atoms with Crippen molar-refractivity contribution >= 4 is 0 Å². The molecule has 0 saturated carbocycles. The first-order valence-electron chi connectivity index (χ1n) is 7.80. The first-order chi connectivity index (χ1) is 9.29. The lowest BCUT2D eigenvalue weighted by Crippen LogP contribution is -2.38. The second kappa shape index (κ2) is 7.66. The Morgan fingerprint density at radius 1 is 1.32 bits per heavy atom. The fourth-order valence-electron chi connectivity index (χ4n) is 2.99. The SMILES string of the molecule is CCCC1CN(CCc2ccccc2C)CCCN1. The Morgan fingerprint density at radius 2 is 2.16 bits per heavy atom. The van der Waals surface area contributed by atoms with Crippen molar-refractivity contribution in [3.05, 3.63) is 35.4 Å². The van der Waals surface area contributed by atoms with Gasteiger partial charge in [0.1, 0.15) is 0 Å². The predicted molar refractivity (Wildman–Crippen MR) is 82.6 cm³/mol. The molecule has 106 valence electrons. The molecule has 19 heavy (non-hydrogen) atoms. The van der Waals surface area contributed by atoms with E-state index in [1.165, 1.54) is 63.0 Å². The van der Waals surface area contributed by atoms with Crippen molar-refractivity contribution in [1.29, 1.82) is 0 Å². The van der Waals surface area contributed by atoms with Crippen LogP contribution in [-0.4, -0.2) is 37.1 Å². The molecule has 1 atom stereocenters. The fraction of sp³-hybridized carbons (Fsp3) is 0.647. The van der Waals surface area contributed by atoms with Crippen LogP contribution in [0.3, 0.4) is 0 Å². The Hall–Kier alpha value is -0.860. The summed E-state index contributed by atoms with van der Waals surface area (Å²) in [4.78, 5) is 2.65. The molecule has 0 aliphatic carbocycles. The van der Waals surface area contributed by atoms with Gasteiger partial charge in [0, 0.05) is 19.1 Å². The molecule has 2 heteroatoms. The fourth-order valence-corrected chi connectivity index (χ4v) is 2.99. The van der Waals surface area contributed by atoms with Crippen molar-refractivity contribution in [3.63, 3.8) is 0 Å². The highest BCUT2D eigenvalue weighted by atomic mass is 15.2. The monoisotopic (exact) mass is 260 g/mol. The number of nitrogens with one attached hydrogen (secondary N) is 1. The van der Waals surface area contributed by atoms with Crippen LogP contribution in [0.15, 0.2) is 24.3 Å². The summed E-state index contributed by atoms with van der Waals surface area (Å²) in [6, 6.07) is 9.48. The summed E-state index contributed by atoms with van der Waals surface area (Å²) < 4.78 is 0. The van der Waals surface area contributed by atoms with Crippen LogP contribution in [0.2, 0.25) is 0 Å². The second-order valence-corrected chi connectivity index (χ2v) is 5.77. The van der Waals surface area contributed by atoms with E-state index in [1.807, 2.05) is 0 Å². The van der Waals surface area contributed by atoms with Gasteiger partial charge in [-0.1, -0.05) is 37.6 Å². The van der Waals surface area contributed by atoms with Gasteiger partial charge in [0.25, 0.3) is 0 Å². The van der Waals surface area contributed by atoms with Crippen LogP contribution in [0.1, 0.15) is 37.3 Å².